The molecule has 0 fully saturated rings. The lowest BCUT2D eigenvalue weighted by Gasteiger charge is -2.09. The first-order valence-electron chi connectivity index (χ1n) is 3.95. The number of nitrogens with one attached hydrogen (secondary N) is 1. The standard InChI is InChI=1S/C9H14N2O/c1-4-9(6-10)11-7(2)5-8(3)12/h5,9,11H,4H2,1-3H3/b7-5-. The lowest BCUT2D eigenvalue weighted by Crippen LogP contribution is -2.25. The van der Waals surface area contributed by atoms with E-state index in [1.807, 2.05) is 6.92 Å². The first-order valence-corrected chi connectivity index (χ1v) is 3.95. The Morgan fingerprint density at radius 2 is 2.25 bits per heavy atom. The molecular weight excluding hydrogens is 152 g/mol. The highest BCUT2D eigenvalue weighted by Gasteiger charge is 2.02. The maximum Gasteiger partial charge on any atom is 0.154 e. The van der Waals surface area contributed by atoms with E-state index in [2.05, 4.69) is 11.4 Å². The Balaban J connectivity index is 4.08. The van der Waals surface area contributed by atoms with E-state index in [4.69, 9.17) is 5.26 Å². The van der Waals surface area contributed by atoms with Gasteiger partial charge >= 0.3 is 0 Å². The molecule has 0 amide bonds. The first-order chi connectivity index (χ1) is 5.60. The summed E-state index contributed by atoms with van der Waals surface area (Å²) in [6, 6.07) is 1.90. The minimum absolute atomic E-state index is 0.00667. The molecule has 66 valence electrons. The molecule has 3 heteroatoms. The van der Waals surface area contributed by atoms with E-state index in [0.29, 0.717) is 0 Å². The van der Waals surface area contributed by atoms with Gasteiger partial charge in [-0.2, -0.15) is 5.26 Å². The van der Waals surface area contributed by atoms with E-state index >= 15 is 0 Å². The maximum absolute atomic E-state index is 10.6. The fraction of sp³-hybridized carbons (Fsp3) is 0.556. The van der Waals surface area contributed by atoms with Crippen molar-refractivity contribution in [2.45, 2.75) is 33.2 Å². The molecule has 0 rings (SSSR count). The fourth-order valence-electron chi connectivity index (χ4n) is 0.847. The molecule has 0 radical (unpaired) electrons. The smallest absolute Gasteiger partial charge is 0.154 e. The second-order valence-electron chi connectivity index (χ2n) is 2.67. The number of ketones is 1. The van der Waals surface area contributed by atoms with Crippen LogP contribution < -0.4 is 5.32 Å². The van der Waals surface area contributed by atoms with Gasteiger partial charge < -0.3 is 5.32 Å². The highest BCUT2D eigenvalue weighted by Crippen LogP contribution is 1.94. The summed E-state index contributed by atoms with van der Waals surface area (Å²) in [5.41, 5.74) is 0.746. The third kappa shape index (κ3) is 4.51. The van der Waals surface area contributed by atoms with Crippen LogP contribution in [0.1, 0.15) is 27.2 Å². The van der Waals surface area contributed by atoms with Gasteiger partial charge in [-0.1, -0.05) is 6.92 Å². The van der Waals surface area contributed by atoms with Crippen molar-refractivity contribution in [2.24, 2.45) is 0 Å². The SMILES string of the molecule is CCC(C#N)N/C(C)=C\C(C)=O. The zero-order valence-electron chi connectivity index (χ0n) is 7.72. The van der Waals surface area contributed by atoms with Crippen molar-refractivity contribution in [3.63, 3.8) is 0 Å². The molecule has 12 heavy (non-hydrogen) atoms. The van der Waals surface area contributed by atoms with Gasteiger partial charge in [0.15, 0.2) is 5.78 Å². The minimum atomic E-state index is -0.194. The fourth-order valence-corrected chi connectivity index (χ4v) is 0.847. The van der Waals surface area contributed by atoms with Crippen LogP contribution in [0.25, 0.3) is 0 Å². The van der Waals surface area contributed by atoms with E-state index < -0.39 is 0 Å². The van der Waals surface area contributed by atoms with Crippen LogP contribution in [-0.2, 0) is 4.79 Å². The van der Waals surface area contributed by atoms with E-state index in [9.17, 15) is 4.79 Å². The average molecular weight is 166 g/mol. The molecule has 3 nitrogen and oxygen atoms in total. The second-order valence-corrected chi connectivity index (χ2v) is 2.67. The topological polar surface area (TPSA) is 52.9 Å². The van der Waals surface area contributed by atoms with Crippen LogP contribution in [0.3, 0.4) is 0 Å². The first kappa shape index (κ1) is 10.7. The number of hydrogen-bond donors (Lipinski definition) is 1. The van der Waals surface area contributed by atoms with Crippen molar-refractivity contribution < 1.29 is 4.79 Å². The summed E-state index contributed by atoms with van der Waals surface area (Å²) in [5, 5.41) is 11.5. The molecule has 1 unspecified atom stereocenters. The summed E-state index contributed by atoms with van der Waals surface area (Å²) in [5.74, 6) is -0.00667. The second kappa shape index (κ2) is 5.36. The maximum atomic E-state index is 10.6. The van der Waals surface area contributed by atoms with Crippen molar-refractivity contribution in [3.8, 4) is 6.07 Å². The highest BCUT2D eigenvalue weighted by molar-refractivity contribution is 5.87. The Kier molecular flexibility index (Phi) is 4.78. The Morgan fingerprint density at radius 3 is 2.58 bits per heavy atom. The van der Waals surface area contributed by atoms with Gasteiger partial charge in [-0.25, -0.2) is 0 Å². The lowest BCUT2D eigenvalue weighted by molar-refractivity contribution is -0.112. The van der Waals surface area contributed by atoms with Gasteiger partial charge in [0.1, 0.15) is 6.04 Å². The summed E-state index contributed by atoms with van der Waals surface area (Å²) < 4.78 is 0. The quantitative estimate of drug-likeness (QED) is 0.642. The molecule has 1 N–H and O–H groups in total. The molecule has 1 atom stereocenters. The van der Waals surface area contributed by atoms with Crippen LogP contribution in [0, 0.1) is 11.3 Å². The molecule has 0 aromatic rings. The molecule has 0 aromatic heterocycles. The molecule has 0 aromatic carbocycles. The summed E-state index contributed by atoms with van der Waals surface area (Å²) in [4.78, 5) is 10.6. The monoisotopic (exact) mass is 166 g/mol. The van der Waals surface area contributed by atoms with E-state index in [-0.39, 0.29) is 11.8 Å². The molecule has 0 aliphatic heterocycles. The van der Waals surface area contributed by atoms with Crippen molar-refractivity contribution in [2.75, 3.05) is 0 Å². The number of rotatable bonds is 4. The number of carbonyl (C=O) groups excluding carboxylic acids is 1. The number of hydrogen-bond acceptors (Lipinski definition) is 3. The van der Waals surface area contributed by atoms with Crippen LogP contribution in [-0.4, -0.2) is 11.8 Å². The molecule has 0 saturated heterocycles. The van der Waals surface area contributed by atoms with E-state index in [1.54, 1.807) is 6.92 Å². The normalized spacial score (nSPS) is 13.3. The summed E-state index contributed by atoms with van der Waals surface area (Å²) >= 11 is 0. The molecule has 0 aliphatic rings. The van der Waals surface area contributed by atoms with Gasteiger partial charge in [0.2, 0.25) is 0 Å². The van der Waals surface area contributed by atoms with Gasteiger partial charge in [-0.05, 0) is 26.3 Å². The van der Waals surface area contributed by atoms with Crippen molar-refractivity contribution in [3.05, 3.63) is 11.8 Å². The third-order valence-electron chi connectivity index (χ3n) is 1.39. The third-order valence-corrected chi connectivity index (χ3v) is 1.39. The van der Waals surface area contributed by atoms with Crippen LogP contribution in [0.2, 0.25) is 0 Å². The highest BCUT2D eigenvalue weighted by atomic mass is 16.1. The van der Waals surface area contributed by atoms with Crippen LogP contribution in [0.5, 0.6) is 0 Å². The Labute approximate surface area is 73.1 Å². The zero-order chi connectivity index (χ0) is 9.56. The van der Waals surface area contributed by atoms with E-state index in [0.717, 1.165) is 12.1 Å². The number of nitriles is 1. The van der Waals surface area contributed by atoms with E-state index in [1.165, 1.54) is 13.0 Å². The van der Waals surface area contributed by atoms with Gasteiger partial charge in [0.25, 0.3) is 0 Å². The van der Waals surface area contributed by atoms with Gasteiger partial charge in [-0.3, -0.25) is 4.79 Å². The molecule has 0 bridgehead atoms. The summed E-state index contributed by atoms with van der Waals surface area (Å²) in [6.45, 7) is 5.18. The molecule has 0 aliphatic carbocycles. The Morgan fingerprint density at radius 1 is 1.67 bits per heavy atom. The van der Waals surface area contributed by atoms with Crippen LogP contribution >= 0.6 is 0 Å². The Hall–Kier alpha value is -1.30. The average Bonchev–Trinajstić information content (AvgIpc) is 1.98. The molecule has 0 spiro atoms. The minimum Gasteiger partial charge on any atom is -0.373 e. The number of carbonyl (C=O) groups is 1. The predicted molar refractivity (Wildman–Crippen MR) is 47.3 cm³/mol. The van der Waals surface area contributed by atoms with Crippen molar-refractivity contribution >= 4 is 5.78 Å². The summed E-state index contributed by atoms with van der Waals surface area (Å²) in [6.07, 6.45) is 2.22. The van der Waals surface area contributed by atoms with Crippen LogP contribution in [0.4, 0.5) is 0 Å². The van der Waals surface area contributed by atoms with Gasteiger partial charge in [0.05, 0.1) is 6.07 Å². The predicted octanol–water partition coefficient (Wildman–Crippen LogP) is 1.37. The molecule has 0 heterocycles. The Bertz CT molecular complexity index is 225. The van der Waals surface area contributed by atoms with Gasteiger partial charge in [0, 0.05) is 5.70 Å². The number of nitrogens with zero attached hydrogens (tertiary/aromatic N) is 1. The van der Waals surface area contributed by atoms with Gasteiger partial charge in [-0.15, -0.1) is 0 Å². The number of allylic oxidation sites excluding steroid dienone is 2. The zero-order valence-corrected chi connectivity index (χ0v) is 7.72. The van der Waals surface area contributed by atoms with Crippen molar-refractivity contribution in [1.82, 2.24) is 5.32 Å². The summed E-state index contributed by atoms with van der Waals surface area (Å²) in [7, 11) is 0. The van der Waals surface area contributed by atoms with Crippen molar-refractivity contribution in [1.29, 1.82) is 5.26 Å². The molecule has 0 saturated carbocycles. The molecular formula is C9H14N2O. The lowest BCUT2D eigenvalue weighted by atomic mass is 10.2. The van der Waals surface area contributed by atoms with Crippen LogP contribution in [0.15, 0.2) is 11.8 Å². The largest absolute Gasteiger partial charge is 0.373 e.